The molecular formula is C15H9F12NO2S. The summed E-state index contributed by atoms with van der Waals surface area (Å²) in [5.74, 6) is 0. The Hall–Kier alpha value is -1.90. The molecule has 0 N–H and O–H groups in total. The van der Waals surface area contributed by atoms with Crippen LogP contribution >= 0.6 is 12.2 Å². The Labute approximate surface area is 170 Å². The van der Waals surface area contributed by atoms with Crippen molar-refractivity contribution in [3.05, 3.63) is 29.3 Å². The third-order valence-corrected chi connectivity index (χ3v) is 4.21. The molecule has 0 heterocycles. The molecule has 0 unspecified atom stereocenters. The summed E-state index contributed by atoms with van der Waals surface area (Å²) in [6.07, 6.45) is -25.5. The van der Waals surface area contributed by atoms with E-state index in [0.29, 0.717) is 0 Å². The second-order valence-electron chi connectivity index (χ2n) is 5.73. The van der Waals surface area contributed by atoms with Crippen molar-refractivity contribution in [3.63, 3.8) is 0 Å². The van der Waals surface area contributed by atoms with Crippen LogP contribution in [0.25, 0.3) is 0 Å². The van der Waals surface area contributed by atoms with Gasteiger partial charge < -0.3 is 9.47 Å². The Kier molecular flexibility index (Phi) is 7.20. The molecule has 0 aliphatic heterocycles. The van der Waals surface area contributed by atoms with E-state index in [1.165, 1.54) is 5.16 Å². The highest BCUT2D eigenvalue weighted by molar-refractivity contribution is 7.78. The fourth-order valence-electron chi connectivity index (χ4n) is 2.81. The van der Waals surface area contributed by atoms with Gasteiger partial charge in [0.15, 0.2) is 0 Å². The summed E-state index contributed by atoms with van der Waals surface area (Å²) in [6.45, 7) is 0. The van der Waals surface area contributed by atoms with E-state index in [1.807, 2.05) is 0 Å². The first-order chi connectivity index (χ1) is 13.8. The largest absolute Gasteiger partial charge is 0.430 e. The monoisotopic (exact) mass is 495 g/mol. The van der Waals surface area contributed by atoms with E-state index in [9.17, 15) is 52.7 Å². The first kappa shape index (κ1) is 27.1. The van der Waals surface area contributed by atoms with Crippen LogP contribution in [-0.2, 0) is 20.7 Å². The number of methoxy groups -OCH3 is 2. The molecule has 0 amide bonds. The fraction of sp³-hybridized carbons (Fsp3) is 0.533. The number of hydrogen-bond donors (Lipinski definition) is 0. The third-order valence-electron chi connectivity index (χ3n) is 4.11. The highest BCUT2D eigenvalue weighted by Crippen LogP contribution is 2.57. The second-order valence-corrected chi connectivity index (χ2v) is 5.92. The molecule has 0 aliphatic rings. The van der Waals surface area contributed by atoms with E-state index in [4.69, 9.17) is 0 Å². The van der Waals surface area contributed by atoms with Crippen molar-refractivity contribution in [2.45, 2.75) is 35.9 Å². The minimum atomic E-state index is -6.37. The predicted molar refractivity (Wildman–Crippen MR) is 82.7 cm³/mol. The Balaban J connectivity index is 4.27. The SMILES string of the molecule is COC(c1cc(N=C=S)cc(C(OC)(C(F)(F)F)C(F)(F)F)c1)(C(F)(F)F)C(F)(F)F. The topological polar surface area (TPSA) is 30.8 Å². The number of nitrogens with zero attached hydrogens (tertiary/aromatic N) is 1. The number of rotatable bonds is 5. The molecule has 16 heteroatoms. The van der Waals surface area contributed by atoms with Gasteiger partial charge in [-0.2, -0.15) is 57.7 Å². The zero-order chi connectivity index (χ0) is 24.7. The second kappa shape index (κ2) is 8.22. The van der Waals surface area contributed by atoms with Crippen molar-refractivity contribution in [2.75, 3.05) is 14.2 Å². The summed E-state index contributed by atoms with van der Waals surface area (Å²) in [4.78, 5) is 2.94. The summed E-state index contributed by atoms with van der Waals surface area (Å²) >= 11 is 4.09. The smallest absolute Gasteiger partial charge is 0.357 e. The lowest BCUT2D eigenvalue weighted by molar-refractivity contribution is -0.385. The van der Waals surface area contributed by atoms with Gasteiger partial charge in [-0.3, -0.25) is 0 Å². The van der Waals surface area contributed by atoms with Gasteiger partial charge in [0.05, 0.1) is 10.8 Å². The number of benzene rings is 1. The maximum atomic E-state index is 13.5. The van der Waals surface area contributed by atoms with Gasteiger partial charge in [-0.25, -0.2) is 0 Å². The molecule has 176 valence electrons. The highest BCUT2D eigenvalue weighted by Gasteiger charge is 2.75. The van der Waals surface area contributed by atoms with E-state index in [2.05, 4.69) is 26.7 Å². The van der Waals surface area contributed by atoms with Gasteiger partial charge in [-0.05, 0) is 30.4 Å². The molecule has 0 fully saturated rings. The molecule has 0 aromatic heterocycles. The van der Waals surface area contributed by atoms with E-state index >= 15 is 0 Å². The summed E-state index contributed by atoms with van der Waals surface area (Å²) in [5, 5.41) is 1.43. The average molecular weight is 495 g/mol. The molecule has 3 nitrogen and oxygen atoms in total. The van der Waals surface area contributed by atoms with Crippen molar-refractivity contribution in [2.24, 2.45) is 4.99 Å². The van der Waals surface area contributed by atoms with Crippen LogP contribution in [-0.4, -0.2) is 44.1 Å². The quantitative estimate of drug-likeness (QED) is 0.271. The summed E-state index contributed by atoms with van der Waals surface area (Å²) < 4.78 is 169. The molecule has 0 radical (unpaired) electrons. The van der Waals surface area contributed by atoms with Gasteiger partial charge in [0.25, 0.3) is 11.2 Å². The van der Waals surface area contributed by atoms with Crippen molar-refractivity contribution in [3.8, 4) is 0 Å². The maximum absolute atomic E-state index is 13.5. The molecule has 0 bridgehead atoms. The Morgan fingerprint density at radius 3 is 1.13 bits per heavy atom. The predicted octanol–water partition coefficient (Wildman–Crippen LogP) is 6.35. The van der Waals surface area contributed by atoms with E-state index < -0.39 is 58.8 Å². The molecule has 0 saturated heterocycles. The minimum absolute atomic E-state index is 0.0765. The zero-order valence-corrected chi connectivity index (χ0v) is 15.8. The van der Waals surface area contributed by atoms with Gasteiger partial charge in [0.1, 0.15) is 0 Å². The number of halogens is 12. The molecule has 0 aliphatic carbocycles. The molecule has 0 atom stereocenters. The van der Waals surface area contributed by atoms with Gasteiger partial charge in [0, 0.05) is 25.3 Å². The standard InChI is InChI=1S/C15H9F12NO2S/c1-29-10(12(16,17)18,13(19,20)21)7-3-8(5-9(4-7)28-6-31)11(30-2,14(22,23)24)15(25,26)27/h3-5H,1-2H3. The molecule has 1 rings (SSSR count). The molecular weight excluding hydrogens is 486 g/mol. The first-order valence-corrected chi connectivity index (χ1v) is 7.78. The fourth-order valence-corrected chi connectivity index (χ4v) is 2.92. The van der Waals surface area contributed by atoms with Crippen molar-refractivity contribution in [1.82, 2.24) is 0 Å². The van der Waals surface area contributed by atoms with E-state index in [-0.39, 0.29) is 26.4 Å². The lowest BCUT2D eigenvalue weighted by Gasteiger charge is -2.39. The molecule has 0 saturated carbocycles. The number of ether oxygens (including phenoxy) is 2. The van der Waals surface area contributed by atoms with Gasteiger partial charge in [-0.1, -0.05) is 0 Å². The molecule has 31 heavy (non-hydrogen) atoms. The Morgan fingerprint density at radius 2 is 0.935 bits per heavy atom. The number of aliphatic imine (C=N–C) groups is 1. The lowest BCUT2D eigenvalue weighted by Crippen LogP contribution is -2.57. The van der Waals surface area contributed by atoms with Crippen LogP contribution in [0.2, 0.25) is 0 Å². The van der Waals surface area contributed by atoms with Crippen LogP contribution in [0.5, 0.6) is 0 Å². The van der Waals surface area contributed by atoms with Gasteiger partial charge >= 0.3 is 24.7 Å². The maximum Gasteiger partial charge on any atom is 0.430 e. The van der Waals surface area contributed by atoms with Crippen molar-refractivity contribution < 1.29 is 62.2 Å². The van der Waals surface area contributed by atoms with E-state index in [1.54, 1.807) is 0 Å². The van der Waals surface area contributed by atoms with Crippen LogP contribution in [0.4, 0.5) is 58.4 Å². The number of isothiocyanates is 1. The first-order valence-electron chi connectivity index (χ1n) is 7.38. The average Bonchev–Trinajstić information content (AvgIpc) is 2.51. The van der Waals surface area contributed by atoms with Crippen LogP contribution < -0.4 is 0 Å². The number of hydrogen-bond acceptors (Lipinski definition) is 4. The van der Waals surface area contributed by atoms with E-state index in [0.717, 1.165) is 0 Å². The third kappa shape index (κ3) is 4.25. The molecule has 0 spiro atoms. The van der Waals surface area contributed by atoms with Crippen molar-refractivity contribution in [1.29, 1.82) is 0 Å². The van der Waals surface area contributed by atoms with Gasteiger partial charge in [-0.15, -0.1) is 0 Å². The Morgan fingerprint density at radius 1 is 0.645 bits per heavy atom. The van der Waals surface area contributed by atoms with Crippen LogP contribution in [0.15, 0.2) is 23.2 Å². The van der Waals surface area contributed by atoms with Crippen LogP contribution in [0.1, 0.15) is 11.1 Å². The zero-order valence-electron chi connectivity index (χ0n) is 14.9. The van der Waals surface area contributed by atoms with Crippen LogP contribution in [0.3, 0.4) is 0 Å². The van der Waals surface area contributed by atoms with Gasteiger partial charge in [0.2, 0.25) is 0 Å². The summed E-state index contributed by atoms with van der Waals surface area (Å²) in [5.41, 5.74) is -16.2. The van der Waals surface area contributed by atoms with Crippen LogP contribution in [0, 0.1) is 0 Å². The number of alkyl halides is 12. The Bertz CT molecular complexity index is 763. The van der Waals surface area contributed by atoms with Crippen molar-refractivity contribution >= 4 is 23.1 Å². The summed E-state index contributed by atoms with van der Waals surface area (Å²) in [6, 6.07) is -0.780. The lowest BCUT2D eigenvalue weighted by atomic mass is 9.84. The molecule has 1 aromatic rings. The number of thiocarbonyl (C=S) groups is 1. The normalized spacial score (nSPS) is 14.4. The summed E-state index contributed by atoms with van der Waals surface area (Å²) in [7, 11) is -0.153. The minimum Gasteiger partial charge on any atom is -0.357 e. The molecule has 1 aromatic carbocycles. The highest BCUT2D eigenvalue weighted by atomic mass is 32.1.